The summed E-state index contributed by atoms with van der Waals surface area (Å²) in [5, 5.41) is 12.9. The number of ether oxygens (including phenoxy) is 1. The molecule has 8 nitrogen and oxygen atoms in total. The molecule has 0 aliphatic heterocycles. The Morgan fingerprint density at radius 3 is 2.70 bits per heavy atom. The van der Waals surface area contributed by atoms with Gasteiger partial charge in [0, 0.05) is 30.2 Å². The molecule has 1 saturated carbocycles. The average Bonchev–Trinajstić information content (AvgIpc) is 2.62. The molecule has 0 unspecified atom stereocenters. The predicted molar refractivity (Wildman–Crippen MR) is 67.3 cm³/mol. The monoisotopic (exact) mass is 286 g/mol. The number of Topliss-reactive ketones (excluding diaryl/α,β-unsaturated/α-hetero) is 1. The quantitative estimate of drug-likeness (QED) is 0.410. The first-order valence-electron chi connectivity index (χ1n) is 6.35. The smallest absolute Gasteiger partial charge is 0.307 e. The molecule has 0 spiro atoms. The zero-order chi connectivity index (χ0) is 15.3. The number of carbonyl (C=O) groups excluding carboxylic acids is 3. The lowest BCUT2D eigenvalue weighted by Crippen LogP contribution is -2.29. The lowest BCUT2D eigenvalue weighted by molar-refractivity contribution is -0.490. The van der Waals surface area contributed by atoms with E-state index in [2.05, 4.69) is 5.32 Å². The molecule has 1 N–H and O–H groups in total. The van der Waals surface area contributed by atoms with Gasteiger partial charge in [-0.15, -0.1) is 0 Å². The van der Waals surface area contributed by atoms with Crippen LogP contribution in [0.2, 0.25) is 0 Å². The summed E-state index contributed by atoms with van der Waals surface area (Å²) in [5.41, 5.74) is 0. The molecular formula is C12H18N2O6. The fourth-order valence-electron chi connectivity index (χ4n) is 2.46. The molecule has 0 aromatic rings. The minimum absolute atomic E-state index is 0.121. The Morgan fingerprint density at radius 1 is 1.50 bits per heavy atom. The van der Waals surface area contributed by atoms with E-state index in [0.29, 0.717) is 0 Å². The molecule has 1 aliphatic rings. The van der Waals surface area contributed by atoms with Gasteiger partial charge in [-0.05, 0) is 5.92 Å². The van der Waals surface area contributed by atoms with E-state index in [0.717, 1.165) is 0 Å². The Balaban J connectivity index is 2.58. The number of nitro groups is 1. The number of rotatable bonds is 6. The summed E-state index contributed by atoms with van der Waals surface area (Å²) in [4.78, 5) is 44.5. The number of hydrogen-bond acceptors (Lipinski definition) is 6. The molecule has 0 saturated heterocycles. The van der Waals surface area contributed by atoms with Crippen molar-refractivity contribution in [3.63, 3.8) is 0 Å². The van der Waals surface area contributed by atoms with Crippen molar-refractivity contribution in [3.05, 3.63) is 10.1 Å². The number of hydrogen-bond donors (Lipinski definition) is 1. The van der Waals surface area contributed by atoms with E-state index in [9.17, 15) is 24.5 Å². The molecule has 1 rings (SSSR count). The minimum atomic E-state index is -0.687. The number of nitrogens with one attached hydrogen (secondary N) is 1. The van der Waals surface area contributed by atoms with E-state index in [1.165, 1.54) is 7.05 Å². The molecule has 3 atom stereocenters. The van der Waals surface area contributed by atoms with Crippen LogP contribution >= 0.6 is 0 Å². The normalized spacial score (nSPS) is 25.3. The van der Waals surface area contributed by atoms with Crippen molar-refractivity contribution in [2.24, 2.45) is 17.8 Å². The van der Waals surface area contributed by atoms with Gasteiger partial charge in [0.25, 0.3) is 5.91 Å². The first-order valence-corrected chi connectivity index (χ1v) is 6.35. The van der Waals surface area contributed by atoms with Gasteiger partial charge in [-0.25, -0.2) is 0 Å². The van der Waals surface area contributed by atoms with Crippen molar-refractivity contribution in [2.75, 3.05) is 20.2 Å². The van der Waals surface area contributed by atoms with Crippen molar-refractivity contribution in [2.45, 2.75) is 19.8 Å². The summed E-state index contributed by atoms with van der Waals surface area (Å²) in [6, 6.07) is 0. The number of nitrogens with zero attached hydrogens (tertiary/aromatic N) is 1. The maximum absolute atomic E-state index is 11.8. The lowest BCUT2D eigenvalue weighted by atomic mass is 9.88. The first kappa shape index (κ1) is 16.1. The number of ketones is 1. The van der Waals surface area contributed by atoms with Gasteiger partial charge in [-0.3, -0.25) is 24.5 Å². The molecule has 112 valence electrons. The van der Waals surface area contributed by atoms with Crippen LogP contribution in [0.5, 0.6) is 0 Å². The van der Waals surface area contributed by atoms with Gasteiger partial charge < -0.3 is 10.1 Å². The van der Waals surface area contributed by atoms with Gasteiger partial charge in [0.1, 0.15) is 5.78 Å². The molecule has 1 aliphatic carbocycles. The van der Waals surface area contributed by atoms with Crippen molar-refractivity contribution < 1.29 is 24.0 Å². The molecule has 1 fully saturated rings. The van der Waals surface area contributed by atoms with Crippen LogP contribution in [0.4, 0.5) is 0 Å². The highest BCUT2D eigenvalue weighted by molar-refractivity contribution is 5.88. The average molecular weight is 286 g/mol. The van der Waals surface area contributed by atoms with Gasteiger partial charge >= 0.3 is 5.97 Å². The first-order chi connectivity index (χ1) is 9.35. The van der Waals surface area contributed by atoms with E-state index in [1.807, 2.05) is 0 Å². The molecule has 0 aromatic carbocycles. The highest BCUT2D eigenvalue weighted by Crippen LogP contribution is 2.36. The van der Waals surface area contributed by atoms with Crippen molar-refractivity contribution >= 4 is 17.7 Å². The van der Waals surface area contributed by atoms with Crippen LogP contribution in [0.25, 0.3) is 0 Å². The van der Waals surface area contributed by atoms with Gasteiger partial charge in [0.15, 0.2) is 6.61 Å². The molecule has 0 radical (unpaired) electrons. The third-order valence-corrected chi connectivity index (χ3v) is 3.57. The van der Waals surface area contributed by atoms with E-state index in [4.69, 9.17) is 4.74 Å². The zero-order valence-electron chi connectivity index (χ0n) is 11.5. The maximum atomic E-state index is 11.8. The summed E-state index contributed by atoms with van der Waals surface area (Å²) in [6.45, 7) is 1.02. The standard InChI is InChI=1S/C12H18N2O6/c1-7-3-10(15)8(9(7)5-14(18)19)4-12(17)20-6-11(16)13-2/h7-9H,3-6H2,1-2H3,(H,13,16)/t7-,8-,9+/m0/s1. The molecule has 0 bridgehead atoms. The minimum Gasteiger partial charge on any atom is -0.456 e. The molecular weight excluding hydrogens is 268 g/mol. The third kappa shape index (κ3) is 4.29. The highest BCUT2D eigenvalue weighted by atomic mass is 16.6. The van der Waals surface area contributed by atoms with Crippen LogP contribution < -0.4 is 5.32 Å². The molecule has 8 heteroatoms. The van der Waals surface area contributed by atoms with E-state index < -0.39 is 35.2 Å². The second-order valence-electron chi connectivity index (χ2n) is 4.97. The summed E-state index contributed by atoms with van der Waals surface area (Å²) >= 11 is 0. The van der Waals surface area contributed by atoms with Gasteiger partial charge in [0.2, 0.25) is 6.54 Å². The van der Waals surface area contributed by atoms with Crippen molar-refractivity contribution in [1.82, 2.24) is 5.32 Å². The van der Waals surface area contributed by atoms with Crippen molar-refractivity contribution in [3.8, 4) is 0 Å². The Morgan fingerprint density at radius 2 is 2.15 bits per heavy atom. The topological polar surface area (TPSA) is 116 Å². The van der Waals surface area contributed by atoms with Gasteiger partial charge in [-0.2, -0.15) is 0 Å². The van der Waals surface area contributed by atoms with Crippen molar-refractivity contribution in [1.29, 1.82) is 0 Å². The van der Waals surface area contributed by atoms with E-state index >= 15 is 0 Å². The van der Waals surface area contributed by atoms with Crippen LogP contribution in [-0.4, -0.2) is 42.8 Å². The number of likely N-dealkylation sites (N-methyl/N-ethyl adjacent to an activating group) is 1. The Kier molecular flexibility index (Phi) is 5.60. The molecule has 1 amide bonds. The zero-order valence-corrected chi connectivity index (χ0v) is 11.5. The molecule has 0 heterocycles. The van der Waals surface area contributed by atoms with Gasteiger partial charge in [0.05, 0.1) is 6.42 Å². The van der Waals surface area contributed by atoms with Crippen LogP contribution in [0.3, 0.4) is 0 Å². The van der Waals surface area contributed by atoms with E-state index in [1.54, 1.807) is 6.92 Å². The summed E-state index contributed by atoms with van der Waals surface area (Å²) in [7, 11) is 1.41. The Bertz CT molecular complexity index is 422. The lowest BCUT2D eigenvalue weighted by Gasteiger charge is -2.16. The van der Waals surface area contributed by atoms with Gasteiger partial charge in [-0.1, -0.05) is 6.92 Å². The largest absolute Gasteiger partial charge is 0.456 e. The number of carbonyl (C=O) groups is 3. The SMILES string of the molecule is CNC(=O)COC(=O)C[C@@H]1C(=O)C[C@H](C)[C@H]1C[N+](=O)[O-]. The Labute approximate surface area is 116 Å². The van der Waals surface area contributed by atoms with Crippen LogP contribution in [0, 0.1) is 27.9 Å². The summed E-state index contributed by atoms with van der Waals surface area (Å²) < 4.78 is 4.72. The maximum Gasteiger partial charge on any atom is 0.307 e. The fraction of sp³-hybridized carbons (Fsp3) is 0.750. The third-order valence-electron chi connectivity index (χ3n) is 3.57. The molecule has 20 heavy (non-hydrogen) atoms. The van der Waals surface area contributed by atoms with Crippen LogP contribution in [0.1, 0.15) is 19.8 Å². The molecule has 0 aromatic heterocycles. The van der Waals surface area contributed by atoms with E-state index in [-0.39, 0.29) is 31.1 Å². The summed E-state index contributed by atoms with van der Waals surface area (Å²) in [5.74, 6) is -2.55. The van der Waals surface area contributed by atoms with Crippen LogP contribution in [0.15, 0.2) is 0 Å². The number of amides is 1. The number of esters is 1. The summed E-state index contributed by atoms with van der Waals surface area (Å²) in [6.07, 6.45) is 0.0323. The highest BCUT2D eigenvalue weighted by Gasteiger charge is 2.44. The van der Waals surface area contributed by atoms with Crippen LogP contribution in [-0.2, 0) is 19.1 Å². The Hall–Kier alpha value is -1.99. The second kappa shape index (κ2) is 6.97. The second-order valence-corrected chi connectivity index (χ2v) is 4.97. The predicted octanol–water partition coefficient (Wildman–Crippen LogP) is -0.216. The fourth-order valence-corrected chi connectivity index (χ4v) is 2.46.